The minimum Gasteiger partial charge on any atom is -0.488 e. The molecule has 0 amide bonds. The van der Waals surface area contributed by atoms with E-state index in [2.05, 4.69) is 15.6 Å². The van der Waals surface area contributed by atoms with Crippen LogP contribution in [0.5, 0.6) is 5.75 Å². The molecule has 0 unspecified atom stereocenters. The number of rotatable bonds is 5. The van der Waals surface area contributed by atoms with Crippen LogP contribution >= 0.6 is 0 Å². The molecule has 0 saturated carbocycles. The zero-order valence-corrected chi connectivity index (χ0v) is 14.8. The number of nitrogens with one attached hydrogen (secondary N) is 2. The van der Waals surface area contributed by atoms with E-state index in [0.717, 1.165) is 6.07 Å². The Morgan fingerprint density at radius 2 is 1.67 bits per heavy atom. The molecule has 0 aromatic heterocycles. The van der Waals surface area contributed by atoms with Crippen molar-refractivity contribution in [1.29, 1.82) is 0 Å². The largest absolute Gasteiger partial charge is 0.488 e. The summed E-state index contributed by atoms with van der Waals surface area (Å²) in [5, 5.41) is 5.97. The van der Waals surface area contributed by atoms with Crippen molar-refractivity contribution >= 4 is 5.96 Å². The van der Waals surface area contributed by atoms with Crippen LogP contribution in [0.15, 0.2) is 23.2 Å². The van der Waals surface area contributed by atoms with Crippen molar-refractivity contribution in [2.45, 2.75) is 52.9 Å². The molecule has 0 aliphatic heterocycles. The molecule has 7 heteroatoms. The van der Waals surface area contributed by atoms with E-state index in [4.69, 9.17) is 4.74 Å². The van der Waals surface area contributed by atoms with Gasteiger partial charge in [-0.1, -0.05) is 6.07 Å². The number of hydrogen-bond acceptors (Lipinski definition) is 2. The minimum absolute atomic E-state index is 0.0695. The minimum atomic E-state index is -4.46. The Morgan fingerprint density at radius 3 is 2.12 bits per heavy atom. The first kappa shape index (κ1) is 20.1. The topological polar surface area (TPSA) is 45.7 Å². The van der Waals surface area contributed by atoms with Gasteiger partial charge in [0.25, 0.3) is 0 Å². The fourth-order valence-corrected chi connectivity index (χ4v) is 2.05. The number of nitrogens with zero attached hydrogens (tertiary/aromatic N) is 1. The molecule has 0 heterocycles. The molecule has 136 valence electrons. The predicted octanol–water partition coefficient (Wildman–Crippen LogP) is 3.96. The Balaban J connectivity index is 3.11. The lowest BCUT2D eigenvalue weighted by Gasteiger charge is -2.22. The molecule has 0 aliphatic carbocycles. The number of halogens is 3. The van der Waals surface area contributed by atoms with E-state index >= 15 is 0 Å². The third kappa shape index (κ3) is 6.68. The summed E-state index contributed by atoms with van der Waals surface area (Å²) in [4.78, 5) is 4.21. The quantitative estimate of drug-likeness (QED) is 0.627. The van der Waals surface area contributed by atoms with Crippen molar-refractivity contribution in [2.24, 2.45) is 4.99 Å². The molecule has 24 heavy (non-hydrogen) atoms. The highest BCUT2D eigenvalue weighted by atomic mass is 19.4. The van der Waals surface area contributed by atoms with Gasteiger partial charge in [0.1, 0.15) is 11.4 Å². The summed E-state index contributed by atoms with van der Waals surface area (Å²) >= 11 is 0. The van der Waals surface area contributed by atoms with Crippen molar-refractivity contribution in [1.82, 2.24) is 10.6 Å². The van der Waals surface area contributed by atoms with Crippen LogP contribution in [0.1, 0.15) is 45.7 Å². The van der Waals surface area contributed by atoms with Crippen molar-refractivity contribution in [3.63, 3.8) is 0 Å². The molecule has 0 aliphatic rings. The Morgan fingerprint density at radius 1 is 1.08 bits per heavy atom. The van der Waals surface area contributed by atoms with E-state index in [1.54, 1.807) is 26.8 Å². The molecule has 0 atom stereocenters. The molecule has 1 aromatic rings. The summed E-state index contributed by atoms with van der Waals surface area (Å²) in [6, 6.07) is 4.00. The van der Waals surface area contributed by atoms with Crippen LogP contribution in [-0.2, 0) is 12.7 Å². The van der Waals surface area contributed by atoms with Gasteiger partial charge in [-0.25, -0.2) is 4.99 Å². The number of benzene rings is 1. The van der Waals surface area contributed by atoms with E-state index in [1.165, 1.54) is 6.07 Å². The highest BCUT2D eigenvalue weighted by Gasteiger charge is 2.34. The van der Waals surface area contributed by atoms with Crippen LogP contribution in [0.4, 0.5) is 13.2 Å². The molecule has 0 fully saturated rings. The molecule has 0 saturated heterocycles. The maximum atomic E-state index is 13.3. The standard InChI is InChI=1S/C17H26F3N3O/c1-6-21-15(22-7-2)23-11-12-8-9-13(24-16(3,4)5)10-14(12)17(18,19)20/h8-10H,6-7,11H2,1-5H3,(H2,21,22,23). The van der Waals surface area contributed by atoms with Crippen molar-refractivity contribution in [2.75, 3.05) is 13.1 Å². The molecule has 0 radical (unpaired) electrons. The maximum absolute atomic E-state index is 13.3. The zero-order chi connectivity index (χ0) is 18.4. The Kier molecular flexibility index (Phi) is 6.93. The van der Waals surface area contributed by atoms with Gasteiger partial charge in [0, 0.05) is 13.1 Å². The highest BCUT2D eigenvalue weighted by Crippen LogP contribution is 2.35. The summed E-state index contributed by atoms with van der Waals surface area (Å²) in [5.41, 5.74) is -1.18. The van der Waals surface area contributed by atoms with Crippen molar-refractivity contribution < 1.29 is 17.9 Å². The first-order valence-electron chi connectivity index (χ1n) is 7.98. The summed E-state index contributed by atoms with van der Waals surface area (Å²) < 4.78 is 45.6. The molecule has 4 nitrogen and oxygen atoms in total. The first-order valence-corrected chi connectivity index (χ1v) is 7.98. The van der Waals surface area contributed by atoms with Gasteiger partial charge in [-0.3, -0.25) is 0 Å². The van der Waals surface area contributed by atoms with E-state index < -0.39 is 17.3 Å². The van der Waals surface area contributed by atoms with Gasteiger partial charge in [0.15, 0.2) is 5.96 Å². The Labute approximate surface area is 141 Å². The number of hydrogen-bond donors (Lipinski definition) is 2. The monoisotopic (exact) mass is 345 g/mol. The van der Waals surface area contributed by atoms with Gasteiger partial charge < -0.3 is 15.4 Å². The number of aliphatic imine (C=N–C) groups is 1. The second-order valence-electron chi connectivity index (χ2n) is 6.26. The molecule has 2 N–H and O–H groups in total. The van der Waals surface area contributed by atoms with E-state index in [0.29, 0.717) is 19.0 Å². The van der Waals surface area contributed by atoms with Crippen LogP contribution in [0.2, 0.25) is 0 Å². The average Bonchev–Trinajstić information content (AvgIpc) is 2.43. The normalized spacial score (nSPS) is 11.8. The van der Waals surface area contributed by atoms with E-state index in [-0.39, 0.29) is 17.9 Å². The number of alkyl halides is 3. The molecular formula is C17H26F3N3O. The lowest BCUT2D eigenvalue weighted by Crippen LogP contribution is -2.37. The van der Waals surface area contributed by atoms with E-state index in [9.17, 15) is 13.2 Å². The summed E-state index contributed by atoms with van der Waals surface area (Å²) in [6.07, 6.45) is -4.46. The lowest BCUT2D eigenvalue weighted by atomic mass is 10.1. The lowest BCUT2D eigenvalue weighted by molar-refractivity contribution is -0.138. The summed E-state index contributed by atoms with van der Waals surface area (Å²) in [5.74, 6) is 0.685. The van der Waals surface area contributed by atoms with Crippen LogP contribution in [0, 0.1) is 0 Å². The van der Waals surface area contributed by atoms with Gasteiger partial charge >= 0.3 is 6.18 Å². The molecule has 1 aromatic carbocycles. The van der Waals surface area contributed by atoms with Crippen LogP contribution < -0.4 is 15.4 Å². The van der Waals surface area contributed by atoms with Crippen LogP contribution in [0.25, 0.3) is 0 Å². The van der Waals surface area contributed by atoms with E-state index in [1.807, 2.05) is 13.8 Å². The van der Waals surface area contributed by atoms with Gasteiger partial charge in [0.05, 0.1) is 12.1 Å². The fraction of sp³-hybridized carbons (Fsp3) is 0.588. The summed E-state index contributed by atoms with van der Waals surface area (Å²) in [6.45, 7) is 10.4. The number of ether oxygens (including phenoxy) is 1. The highest BCUT2D eigenvalue weighted by molar-refractivity contribution is 5.79. The maximum Gasteiger partial charge on any atom is 0.416 e. The van der Waals surface area contributed by atoms with Gasteiger partial charge in [0.2, 0.25) is 0 Å². The van der Waals surface area contributed by atoms with Crippen molar-refractivity contribution in [3.05, 3.63) is 29.3 Å². The Hall–Kier alpha value is -1.92. The Bertz CT molecular complexity index is 555. The fourth-order valence-electron chi connectivity index (χ4n) is 2.05. The smallest absolute Gasteiger partial charge is 0.416 e. The van der Waals surface area contributed by atoms with Gasteiger partial charge in [-0.2, -0.15) is 13.2 Å². The molecule has 0 bridgehead atoms. The molecule has 1 rings (SSSR count). The SMILES string of the molecule is CCNC(=NCc1ccc(OC(C)(C)C)cc1C(F)(F)F)NCC. The third-order valence-electron chi connectivity index (χ3n) is 2.91. The van der Waals surface area contributed by atoms with Crippen LogP contribution in [-0.4, -0.2) is 24.7 Å². The third-order valence-corrected chi connectivity index (χ3v) is 2.91. The van der Waals surface area contributed by atoms with Gasteiger partial charge in [-0.05, 0) is 52.3 Å². The predicted molar refractivity (Wildman–Crippen MR) is 90.3 cm³/mol. The second-order valence-corrected chi connectivity index (χ2v) is 6.26. The number of guanidine groups is 1. The average molecular weight is 345 g/mol. The van der Waals surface area contributed by atoms with Gasteiger partial charge in [-0.15, -0.1) is 0 Å². The van der Waals surface area contributed by atoms with Crippen molar-refractivity contribution in [3.8, 4) is 5.75 Å². The zero-order valence-electron chi connectivity index (χ0n) is 14.8. The van der Waals surface area contributed by atoms with Crippen LogP contribution in [0.3, 0.4) is 0 Å². The molecular weight excluding hydrogens is 319 g/mol. The molecule has 0 spiro atoms. The second kappa shape index (κ2) is 8.26. The summed E-state index contributed by atoms with van der Waals surface area (Å²) in [7, 11) is 0. The first-order chi connectivity index (χ1) is 11.1.